The number of hydrogen-bond acceptors (Lipinski definition) is 6. The Kier molecular flexibility index (Phi) is 4.82. The van der Waals surface area contributed by atoms with Crippen LogP contribution in [0.1, 0.15) is 11.1 Å². The molecular weight excluding hydrogens is 302 g/mol. The number of non-ortho nitro benzene ring substituents is 1. The number of aryl methyl sites for hydroxylation is 1. The van der Waals surface area contributed by atoms with Crippen molar-refractivity contribution < 1.29 is 14.6 Å². The Hall–Kier alpha value is -3.49. The molecule has 0 unspecified atom stereocenters. The number of carbonyl (C=O) groups is 1. The Morgan fingerprint density at radius 3 is 2.70 bits per heavy atom. The van der Waals surface area contributed by atoms with Gasteiger partial charge in [0.25, 0.3) is 5.69 Å². The second-order valence-corrected chi connectivity index (χ2v) is 4.47. The lowest BCUT2D eigenvalue weighted by Gasteiger charge is -1.99. The molecular formula is C14H13N5O4. The van der Waals surface area contributed by atoms with Gasteiger partial charge < -0.3 is 10.6 Å². The van der Waals surface area contributed by atoms with Crippen LogP contribution in [-0.2, 0) is 16.7 Å². The lowest BCUT2D eigenvalue weighted by Crippen LogP contribution is -2.14. The van der Waals surface area contributed by atoms with Gasteiger partial charge in [0.15, 0.2) is 5.84 Å². The van der Waals surface area contributed by atoms with Crippen molar-refractivity contribution in [3.8, 4) is 0 Å². The Bertz CT molecular complexity index is 777. The Labute approximate surface area is 130 Å². The molecule has 2 N–H and O–H groups in total. The summed E-state index contributed by atoms with van der Waals surface area (Å²) in [5.74, 6) is -0.776. The summed E-state index contributed by atoms with van der Waals surface area (Å²) in [5, 5.41) is 18.0. The topological polar surface area (TPSA) is 126 Å². The lowest BCUT2D eigenvalue weighted by atomic mass is 10.2. The Balaban J connectivity index is 1.96. The molecule has 2 rings (SSSR count). The number of nitrogens with two attached hydrogens (primary N) is 1. The third-order valence-electron chi connectivity index (χ3n) is 2.74. The summed E-state index contributed by atoms with van der Waals surface area (Å²) in [4.78, 5) is 26.2. The van der Waals surface area contributed by atoms with Crippen molar-refractivity contribution in [1.29, 1.82) is 0 Å². The fraction of sp³-hybridized carbons (Fsp3) is 0.0714. The van der Waals surface area contributed by atoms with Gasteiger partial charge in [0, 0.05) is 42.6 Å². The molecule has 1 heterocycles. The van der Waals surface area contributed by atoms with Crippen LogP contribution in [0, 0.1) is 10.1 Å². The Morgan fingerprint density at radius 1 is 1.43 bits per heavy atom. The molecule has 0 saturated heterocycles. The minimum absolute atomic E-state index is 0.0666. The number of carbonyl (C=O) groups excluding carboxylic acids is 1. The second-order valence-electron chi connectivity index (χ2n) is 4.47. The molecule has 0 atom stereocenters. The fourth-order valence-corrected chi connectivity index (χ4v) is 1.62. The minimum atomic E-state index is -0.710. The maximum absolute atomic E-state index is 11.5. The average molecular weight is 315 g/mol. The highest BCUT2D eigenvalue weighted by Gasteiger charge is 2.06. The van der Waals surface area contributed by atoms with Crippen LogP contribution in [0.3, 0.4) is 0 Å². The van der Waals surface area contributed by atoms with Gasteiger partial charge in [-0.15, -0.1) is 0 Å². The van der Waals surface area contributed by atoms with Crippen molar-refractivity contribution >= 4 is 23.6 Å². The highest BCUT2D eigenvalue weighted by atomic mass is 16.7. The van der Waals surface area contributed by atoms with Gasteiger partial charge in [-0.2, -0.15) is 5.10 Å². The van der Waals surface area contributed by atoms with Crippen LogP contribution in [0.5, 0.6) is 0 Å². The van der Waals surface area contributed by atoms with Gasteiger partial charge in [-0.25, -0.2) is 4.79 Å². The molecule has 0 aliphatic rings. The van der Waals surface area contributed by atoms with Gasteiger partial charge in [-0.05, 0) is 18.2 Å². The van der Waals surface area contributed by atoms with Crippen LogP contribution < -0.4 is 5.73 Å². The van der Waals surface area contributed by atoms with E-state index < -0.39 is 10.9 Å². The van der Waals surface area contributed by atoms with Crippen LogP contribution >= 0.6 is 0 Å². The molecule has 118 valence electrons. The van der Waals surface area contributed by atoms with E-state index in [1.54, 1.807) is 24.1 Å². The van der Waals surface area contributed by atoms with Gasteiger partial charge in [-0.3, -0.25) is 14.8 Å². The van der Waals surface area contributed by atoms with Crippen LogP contribution in [-0.4, -0.2) is 26.5 Å². The van der Waals surface area contributed by atoms with Gasteiger partial charge in [0.1, 0.15) is 0 Å². The van der Waals surface area contributed by atoms with E-state index >= 15 is 0 Å². The maximum atomic E-state index is 11.5. The molecule has 2 aromatic rings. The minimum Gasteiger partial charge on any atom is -0.380 e. The normalized spacial score (nSPS) is 11.6. The number of rotatable bonds is 5. The van der Waals surface area contributed by atoms with Crippen molar-refractivity contribution in [2.75, 3.05) is 0 Å². The van der Waals surface area contributed by atoms with E-state index in [1.165, 1.54) is 36.4 Å². The molecule has 1 aromatic carbocycles. The van der Waals surface area contributed by atoms with Crippen molar-refractivity contribution in [3.05, 3.63) is 64.0 Å². The number of aromatic nitrogens is 2. The highest BCUT2D eigenvalue weighted by Crippen LogP contribution is 2.11. The lowest BCUT2D eigenvalue weighted by molar-refractivity contribution is -0.384. The molecule has 0 saturated carbocycles. The standard InChI is InChI=1S/C14H13N5O4/c1-18-9-10(8-16-18)2-7-13(20)23-17-14(15)11-3-5-12(6-4-11)19(21)22/h2-9H,1H3,(H2,15,17). The summed E-state index contributed by atoms with van der Waals surface area (Å²) in [7, 11) is 1.75. The van der Waals surface area contributed by atoms with E-state index in [9.17, 15) is 14.9 Å². The zero-order valence-electron chi connectivity index (χ0n) is 12.1. The fourth-order valence-electron chi connectivity index (χ4n) is 1.62. The molecule has 0 amide bonds. The number of amidine groups is 1. The van der Waals surface area contributed by atoms with Gasteiger partial charge in [0.2, 0.25) is 0 Å². The van der Waals surface area contributed by atoms with E-state index in [1.807, 2.05) is 0 Å². The Morgan fingerprint density at radius 2 is 2.13 bits per heavy atom. The molecule has 0 bridgehead atoms. The summed E-state index contributed by atoms with van der Waals surface area (Å²) in [6.07, 6.45) is 6.01. The smallest absolute Gasteiger partial charge is 0.358 e. The van der Waals surface area contributed by atoms with E-state index in [0.717, 1.165) is 5.56 Å². The predicted octanol–water partition coefficient (Wildman–Crippen LogP) is 1.21. The molecule has 9 heteroatoms. The molecule has 9 nitrogen and oxygen atoms in total. The number of nitro benzene ring substituents is 1. The third kappa shape index (κ3) is 4.49. The summed E-state index contributed by atoms with van der Waals surface area (Å²) in [6.45, 7) is 0. The largest absolute Gasteiger partial charge is 0.380 e. The number of hydrogen-bond donors (Lipinski definition) is 1. The van der Waals surface area contributed by atoms with Crippen molar-refractivity contribution in [2.45, 2.75) is 0 Å². The van der Waals surface area contributed by atoms with Crippen molar-refractivity contribution in [2.24, 2.45) is 17.9 Å². The number of nitrogens with zero attached hydrogens (tertiary/aromatic N) is 4. The predicted molar refractivity (Wildman–Crippen MR) is 82.2 cm³/mol. The second kappa shape index (κ2) is 6.98. The van der Waals surface area contributed by atoms with Gasteiger partial charge in [0.05, 0.1) is 11.1 Å². The summed E-state index contributed by atoms with van der Waals surface area (Å²) < 4.78 is 1.59. The number of benzene rings is 1. The molecule has 0 radical (unpaired) electrons. The van der Waals surface area contributed by atoms with Gasteiger partial charge >= 0.3 is 5.97 Å². The summed E-state index contributed by atoms with van der Waals surface area (Å²) >= 11 is 0. The van der Waals surface area contributed by atoms with E-state index in [2.05, 4.69) is 15.1 Å². The van der Waals surface area contributed by atoms with E-state index in [4.69, 9.17) is 5.73 Å². The molecule has 0 spiro atoms. The summed E-state index contributed by atoms with van der Waals surface area (Å²) in [6, 6.07) is 5.39. The number of oxime groups is 1. The molecule has 1 aromatic heterocycles. The molecule has 23 heavy (non-hydrogen) atoms. The van der Waals surface area contributed by atoms with Gasteiger partial charge in [-0.1, -0.05) is 5.16 Å². The average Bonchev–Trinajstić information content (AvgIpc) is 2.96. The van der Waals surface area contributed by atoms with E-state index in [0.29, 0.717) is 5.56 Å². The molecule has 0 fully saturated rings. The van der Waals surface area contributed by atoms with Crippen LogP contribution in [0.25, 0.3) is 6.08 Å². The van der Waals surface area contributed by atoms with Crippen LogP contribution in [0.15, 0.2) is 47.9 Å². The van der Waals surface area contributed by atoms with Crippen molar-refractivity contribution in [1.82, 2.24) is 9.78 Å². The monoisotopic (exact) mass is 315 g/mol. The molecule has 0 aliphatic carbocycles. The first-order chi connectivity index (χ1) is 11.0. The zero-order valence-corrected chi connectivity index (χ0v) is 12.1. The molecule has 0 aliphatic heterocycles. The van der Waals surface area contributed by atoms with Crippen LogP contribution in [0.4, 0.5) is 5.69 Å². The third-order valence-corrected chi connectivity index (χ3v) is 2.74. The summed E-state index contributed by atoms with van der Waals surface area (Å²) in [5.41, 5.74) is 6.71. The number of nitro groups is 1. The first-order valence-corrected chi connectivity index (χ1v) is 6.41. The zero-order chi connectivity index (χ0) is 16.8. The highest BCUT2D eigenvalue weighted by molar-refractivity contribution is 5.98. The quantitative estimate of drug-likeness (QED) is 0.221. The maximum Gasteiger partial charge on any atom is 0.358 e. The first kappa shape index (κ1) is 15.9. The van der Waals surface area contributed by atoms with Crippen molar-refractivity contribution in [3.63, 3.8) is 0 Å². The first-order valence-electron chi connectivity index (χ1n) is 6.41. The SMILES string of the molecule is Cn1cc(C=CC(=O)O/N=C(\N)c2ccc([N+](=O)[O-])cc2)cn1. The van der Waals surface area contributed by atoms with E-state index in [-0.39, 0.29) is 11.5 Å². The van der Waals surface area contributed by atoms with Crippen LogP contribution in [0.2, 0.25) is 0 Å².